The van der Waals surface area contributed by atoms with Gasteiger partial charge in [0.25, 0.3) is 0 Å². The molecule has 0 spiro atoms. The molecule has 0 aliphatic rings. The zero-order chi connectivity index (χ0) is 13.4. The minimum absolute atomic E-state index is 0. The molecule has 108 valence electrons. The topological polar surface area (TPSA) is 78.6 Å². The van der Waals surface area contributed by atoms with Crippen LogP contribution in [0.3, 0.4) is 0 Å². The Balaban J connectivity index is 0. The van der Waals surface area contributed by atoms with Gasteiger partial charge in [-0.3, -0.25) is 9.59 Å². The molecule has 0 rings (SSSR count). The van der Waals surface area contributed by atoms with Crippen LogP contribution in [0, 0.1) is 0 Å². The van der Waals surface area contributed by atoms with Crippen LogP contribution >= 0.6 is 12.4 Å². The molecule has 0 aromatic carbocycles. The summed E-state index contributed by atoms with van der Waals surface area (Å²) in [5.41, 5.74) is 5.56. The van der Waals surface area contributed by atoms with Gasteiger partial charge in [-0.1, -0.05) is 13.8 Å². The first kappa shape index (κ1) is 19.5. The molecule has 3 atom stereocenters. The molecule has 0 aromatic heterocycles. The second-order valence-electron chi connectivity index (χ2n) is 4.18. The number of hydrogen-bond donors (Lipinski definition) is 1. The Morgan fingerprint density at radius 3 is 1.94 bits per heavy atom. The predicted molar refractivity (Wildman–Crippen MR) is 71.5 cm³/mol. The van der Waals surface area contributed by atoms with Crippen molar-refractivity contribution in [2.45, 2.75) is 65.2 Å². The molecular formula is C12H24ClNO4. The van der Waals surface area contributed by atoms with Crippen molar-refractivity contribution in [3.63, 3.8) is 0 Å². The third-order valence-electron chi connectivity index (χ3n) is 2.49. The van der Waals surface area contributed by atoms with E-state index in [9.17, 15) is 9.59 Å². The number of ether oxygens (including phenoxy) is 2. The second kappa shape index (κ2) is 10.1. The van der Waals surface area contributed by atoms with E-state index in [1.165, 1.54) is 0 Å². The van der Waals surface area contributed by atoms with Crippen molar-refractivity contribution in [1.82, 2.24) is 0 Å². The first-order valence-corrected chi connectivity index (χ1v) is 6.06. The summed E-state index contributed by atoms with van der Waals surface area (Å²) in [6.07, 6.45) is 0.979. The van der Waals surface area contributed by atoms with E-state index in [2.05, 4.69) is 0 Å². The monoisotopic (exact) mass is 281 g/mol. The fourth-order valence-electron chi connectivity index (χ4n) is 0.988. The van der Waals surface area contributed by atoms with Crippen molar-refractivity contribution in [2.75, 3.05) is 0 Å². The van der Waals surface area contributed by atoms with Gasteiger partial charge in [0.15, 0.2) is 0 Å². The van der Waals surface area contributed by atoms with E-state index in [4.69, 9.17) is 15.2 Å². The Kier molecular flexibility index (Phi) is 11.0. The van der Waals surface area contributed by atoms with Gasteiger partial charge >= 0.3 is 11.9 Å². The SMILES string of the molecule is CCC(C)OC(=O)C[C@H](N)C(=O)OC(C)CC.Cl. The number of esters is 2. The summed E-state index contributed by atoms with van der Waals surface area (Å²) in [6, 6.07) is -0.944. The van der Waals surface area contributed by atoms with E-state index in [1.54, 1.807) is 13.8 Å². The molecule has 0 bridgehead atoms. The average molecular weight is 282 g/mol. The zero-order valence-corrected chi connectivity index (χ0v) is 12.3. The minimum Gasteiger partial charge on any atom is -0.463 e. The van der Waals surface area contributed by atoms with E-state index in [1.807, 2.05) is 13.8 Å². The fraction of sp³-hybridized carbons (Fsp3) is 0.833. The Morgan fingerprint density at radius 1 is 1.06 bits per heavy atom. The van der Waals surface area contributed by atoms with Gasteiger partial charge in [-0.2, -0.15) is 0 Å². The number of halogens is 1. The van der Waals surface area contributed by atoms with Gasteiger partial charge in [0.05, 0.1) is 18.6 Å². The molecule has 0 aliphatic carbocycles. The summed E-state index contributed by atoms with van der Waals surface area (Å²) in [6.45, 7) is 7.39. The molecule has 0 saturated heterocycles. The van der Waals surface area contributed by atoms with Gasteiger partial charge in [-0.15, -0.1) is 12.4 Å². The highest BCUT2D eigenvalue weighted by atomic mass is 35.5. The molecule has 0 saturated carbocycles. The first-order valence-electron chi connectivity index (χ1n) is 6.06. The van der Waals surface area contributed by atoms with Crippen molar-refractivity contribution in [3.8, 4) is 0 Å². The van der Waals surface area contributed by atoms with Crippen LogP contribution in [0.25, 0.3) is 0 Å². The van der Waals surface area contributed by atoms with Crippen LogP contribution in [0.5, 0.6) is 0 Å². The highest BCUT2D eigenvalue weighted by molar-refractivity contribution is 5.85. The van der Waals surface area contributed by atoms with E-state index in [0.717, 1.165) is 12.8 Å². The number of hydrogen-bond acceptors (Lipinski definition) is 5. The summed E-state index contributed by atoms with van der Waals surface area (Å²) in [5.74, 6) is -1.02. The maximum atomic E-state index is 11.4. The number of carbonyl (C=O) groups excluding carboxylic acids is 2. The number of rotatable bonds is 7. The van der Waals surface area contributed by atoms with Crippen molar-refractivity contribution in [3.05, 3.63) is 0 Å². The molecule has 0 aromatic rings. The summed E-state index contributed by atoms with van der Waals surface area (Å²) in [7, 11) is 0. The van der Waals surface area contributed by atoms with Gasteiger partial charge in [-0.05, 0) is 26.7 Å². The summed E-state index contributed by atoms with van der Waals surface area (Å²) >= 11 is 0. The van der Waals surface area contributed by atoms with Crippen LogP contribution in [0.2, 0.25) is 0 Å². The lowest BCUT2D eigenvalue weighted by molar-refractivity contribution is -0.156. The third-order valence-corrected chi connectivity index (χ3v) is 2.49. The molecule has 0 amide bonds. The van der Waals surface area contributed by atoms with Gasteiger partial charge in [-0.25, -0.2) is 0 Å². The first-order chi connectivity index (χ1) is 7.90. The minimum atomic E-state index is -0.944. The van der Waals surface area contributed by atoms with E-state index in [-0.39, 0.29) is 31.0 Å². The van der Waals surface area contributed by atoms with Crippen molar-refractivity contribution in [2.24, 2.45) is 5.73 Å². The van der Waals surface area contributed by atoms with Crippen molar-refractivity contribution in [1.29, 1.82) is 0 Å². The molecule has 5 nitrogen and oxygen atoms in total. The van der Waals surface area contributed by atoms with Gasteiger partial charge in [0, 0.05) is 0 Å². The van der Waals surface area contributed by atoms with Crippen LogP contribution in [0.1, 0.15) is 47.0 Å². The summed E-state index contributed by atoms with van der Waals surface area (Å²) in [5, 5.41) is 0. The van der Waals surface area contributed by atoms with Crippen LogP contribution in [0.4, 0.5) is 0 Å². The smallest absolute Gasteiger partial charge is 0.323 e. The molecule has 18 heavy (non-hydrogen) atoms. The Morgan fingerprint density at radius 2 is 1.50 bits per heavy atom. The molecular weight excluding hydrogens is 258 g/mol. The Hall–Kier alpha value is -0.810. The average Bonchev–Trinajstić information content (AvgIpc) is 2.28. The second-order valence-corrected chi connectivity index (χ2v) is 4.18. The normalized spacial score (nSPS) is 14.9. The molecule has 0 fully saturated rings. The number of nitrogens with two attached hydrogens (primary N) is 1. The number of carbonyl (C=O) groups is 2. The molecule has 0 aliphatic heterocycles. The molecule has 0 radical (unpaired) electrons. The largest absolute Gasteiger partial charge is 0.463 e. The van der Waals surface area contributed by atoms with Gasteiger partial charge in [0.2, 0.25) is 0 Å². The van der Waals surface area contributed by atoms with Gasteiger partial charge in [0.1, 0.15) is 6.04 Å². The predicted octanol–water partition coefficient (Wildman–Crippen LogP) is 1.81. The van der Waals surface area contributed by atoms with Gasteiger partial charge < -0.3 is 15.2 Å². The molecule has 0 heterocycles. The van der Waals surface area contributed by atoms with Crippen LogP contribution in [-0.4, -0.2) is 30.2 Å². The van der Waals surface area contributed by atoms with Crippen LogP contribution in [-0.2, 0) is 19.1 Å². The fourth-order valence-corrected chi connectivity index (χ4v) is 0.988. The third kappa shape index (κ3) is 8.31. The van der Waals surface area contributed by atoms with Crippen molar-refractivity contribution < 1.29 is 19.1 Å². The van der Waals surface area contributed by atoms with Crippen LogP contribution < -0.4 is 5.73 Å². The Labute approximate surface area is 115 Å². The maximum absolute atomic E-state index is 11.4. The standard InChI is InChI=1S/C12H23NO4.ClH/c1-5-8(3)16-11(14)7-10(13)12(15)17-9(4)6-2;/h8-10H,5-7,13H2,1-4H3;1H/t8?,9?,10-;/m0./s1. The quantitative estimate of drug-likeness (QED) is 0.720. The molecule has 6 heteroatoms. The van der Waals surface area contributed by atoms with E-state index in [0.29, 0.717) is 0 Å². The lowest BCUT2D eigenvalue weighted by Crippen LogP contribution is -2.37. The van der Waals surface area contributed by atoms with E-state index >= 15 is 0 Å². The summed E-state index contributed by atoms with van der Waals surface area (Å²) in [4.78, 5) is 22.8. The lowest BCUT2D eigenvalue weighted by atomic mass is 10.2. The van der Waals surface area contributed by atoms with Crippen LogP contribution in [0.15, 0.2) is 0 Å². The molecule has 2 unspecified atom stereocenters. The summed E-state index contributed by atoms with van der Waals surface area (Å²) < 4.78 is 10.0. The lowest BCUT2D eigenvalue weighted by Gasteiger charge is -2.16. The molecule has 2 N–H and O–H groups in total. The highest BCUT2D eigenvalue weighted by Crippen LogP contribution is 2.04. The van der Waals surface area contributed by atoms with E-state index < -0.39 is 18.0 Å². The zero-order valence-electron chi connectivity index (χ0n) is 11.5. The van der Waals surface area contributed by atoms with Crippen molar-refractivity contribution >= 4 is 24.3 Å². The highest BCUT2D eigenvalue weighted by Gasteiger charge is 2.22. The maximum Gasteiger partial charge on any atom is 0.323 e. The Bertz CT molecular complexity index is 260.